The summed E-state index contributed by atoms with van der Waals surface area (Å²) >= 11 is 0. The highest BCUT2D eigenvalue weighted by Gasteiger charge is 2.61. The van der Waals surface area contributed by atoms with Crippen LogP contribution in [0, 0.1) is 16.0 Å². The minimum absolute atomic E-state index is 0.150. The summed E-state index contributed by atoms with van der Waals surface area (Å²) in [4.78, 5) is 46.0. The first kappa shape index (κ1) is 24.1. The van der Waals surface area contributed by atoms with E-state index in [0.29, 0.717) is 17.1 Å². The number of carbonyl (C=O) groups is 2. The van der Waals surface area contributed by atoms with Crippen LogP contribution in [-0.4, -0.2) is 44.2 Å². The Kier molecular flexibility index (Phi) is 6.14. The highest BCUT2D eigenvalue weighted by Crippen LogP contribution is 2.51. The highest BCUT2D eigenvalue weighted by atomic mass is 16.7. The van der Waals surface area contributed by atoms with Gasteiger partial charge >= 0.3 is 0 Å². The van der Waals surface area contributed by atoms with Gasteiger partial charge in [-0.3, -0.25) is 24.5 Å². The van der Waals surface area contributed by atoms with E-state index in [4.69, 9.17) is 19.0 Å². The Hall–Kier alpha value is -4.64. The second-order valence-electron chi connectivity index (χ2n) is 8.39. The molecule has 0 bridgehead atoms. The molecule has 3 aromatic carbocycles. The van der Waals surface area contributed by atoms with Crippen molar-refractivity contribution >= 4 is 28.9 Å². The predicted octanol–water partition coefficient (Wildman–Crippen LogP) is 3.67. The predicted molar refractivity (Wildman–Crippen MR) is 132 cm³/mol. The molecule has 0 N–H and O–H groups in total. The van der Waals surface area contributed by atoms with Crippen LogP contribution < -0.4 is 24.2 Å². The molecule has 2 heterocycles. The minimum Gasteiger partial charge on any atom is -0.497 e. The maximum atomic E-state index is 13.8. The Bertz CT molecular complexity index is 1360. The zero-order chi connectivity index (χ0) is 26.3. The third-order valence-corrected chi connectivity index (χ3v) is 6.50. The van der Waals surface area contributed by atoms with Gasteiger partial charge in [-0.1, -0.05) is 18.2 Å². The Balaban J connectivity index is 1.66. The lowest BCUT2D eigenvalue weighted by Gasteiger charge is -2.29. The maximum absolute atomic E-state index is 13.8. The topological polar surface area (TPSA) is 121 Å². The SMILES string of the molecule is COc1ccc(N2C(=O)[C@H]3[C@@H](ON(c4ccccc4)[C@H]3c3cc(OC)c(OC)cc3[N+](=O)[O-])C2=O)cc1. The number of anilines is 2. The van der Waals surface area contributed by atoms with Crippen LogP contribution in [0.1, 0.15) is 11.6 Å². The lowest BCUT2D eigenvalue weighted by atomic mass is 9.89. The van der Waals surface area contributed by atoms with Crippen molar-refractivity contribution in [2.75, 3.05) is 31.3 Å². The van der Waals surface area contributed by atoms with Gasteiger partial charge in [0.2, 0.25) is 5.91 Å². The zero-order valence-corrected chi connectivity index (χ0v) is 20.2. The van der Waals surface area contributed by atoms with Gasteiger partial charge in [0.1, 0.15) is 17.7 Å². The van der Waals surface area contributed by atoms with Crippen molar-refractivity contribution in [1.82, 2.24) is 0 Å². The summed E-state index contributed by atoms with van der Waals surface area (Å²) in [5.41, 5.74) is 0.732. The first-order chi connectivity index (χ1) is 17.9. The van der Waals surface area contributed by atoms with Crippen molar-refractivity contribution in [3.63, 3.8) is 0 Å². The number of nitrogens with zero attached hydrogens (tertiary/aromatic N) is 3. The highest BCUT2D eigenvalue weighted by molar-refractivity contribution is 6.24. The summed E-state index contributed by atoms with van der Waals surface area (Å²) in [6.07, 6.45) is -1.19. The fourth-order valence-electron chi connectivity index (χ4n) is 4.79. The van der Waals surface area contributed by atoms with Crippen molar-refractivity contribution in [3.05, 3.63) is 82.4 Å². The van der Waals surface area contributed by atoms with Crippen molar-refractivity contribution < 1.29 is 33.6 Å². The van der Waals surface area contributed by atoms with Crippen LogP contribution in [-0.2, 0) is 14.4 Å². The standard InChI is InChI=1S/C26H23N3O8/c1-34-17-11-9-15(10-12-17)27-25(30)22-23(18-13-20(35-2)21(36-3)14-19(18)29(32)33)28(37-24(22)26(27)31)16-7-5-4-6-8-16/h4-14,22-24H,1-3H3/t22-,23+,24-/m1/s1. The first-order valence-electron chi connectivity index (χ1n) is 11.3. The number of benzene rings is 3. The van der Waals surface area contributed by atoms with Crippen molar-refractivity contribution in [3.8, 4) is 17.2 Å². The number of hydroxylamine groups is 1. The number of amides is 2. The van der Waals surface area contributed by atoms with E-state index in [0.717, 1.165) is 4.90 Å². The fourth-order valence-corrected chi connectivity index (χ4v) is 4.79. The number of fused-ring (bicyclic) bond motifs is 1. The molecular weight excluding hydrogens is 482 g/mol. The molecule has 2 saturated heterocycles. The summed E-state index contributed by atoms with van der Waals surface area (Å²) < 4.78 is 15.8. The molecule has 3 atom stereocenters. The number of carbonyl (C=O) groups excluding carboxylic acids is 2. The molecule has 2 aliphatic rings. The van der Waals surface area contributed by atoms with Crippen LogP contribution in [0.15, 0.2) is 66.7 Å². The molecule has 2 fully saturated rings. The van der Waals surface area contributed by atoms with E-state index in [1.165, 1.54) is 38.5 Å². The van der Waals surface area contributed by atoms with Crippen LogP contribution >= 0.6 is 0 Å². The summed E-state index contributed by atoms with van der Waals surface area (Å²) in [5.74, 6) is -1.20. The van der Waals surface area contributed by atoms with Crippen LogP contribution in [0.25, 0.3) is 0 Å². The molecule has 0 unspecified atom stereocenters. The minimum atomic E-state index is -1.19. The van der Waals surface area contributed by atoms with Crippen LogP contribution in [0.5, 0.6) is 17.2 Å². The number of methoxy groups -OCH3 is 3. The second kappa shape index (κ2) is 9.43. The third-order valence-electron chi connectivity index (χ3n) is 6.50. The molecule has 0 saturated carbocycles. The molecule has 190 valence electrons. The Morgan fingerprint density at radius 1 is 0.838 bits per heavy atom. The number of nitro groups is 1. The van der Waals surface area contributed by atoms with E-state index >= 15 is 0 Å². The number of imide groups is 1. The molecule has 5 rings (SSSR count). The van der Waals surface area contributed by atoms with Crippen LogP contribution in [0.2, 0.25) is 0 Å². The normalized spacial score (nSPS) is 20.7. The largest absolute Gasteiger partial charge is 0.497 e. The Morgan fingerprint density at radius 2 is 1.49 bits per heavy atom. The molecule has 11 nitrogen and oxygen atoms in total. The summed E-state index contributed by atoms with van der Waals surface area (Å²) in [7, 11) is 4.29. The quantitative estimate of drug-likeness (QED) is 0.269. The average Bonchev–Trinajstić information content (AvgIpc) is 3.43. The molecular formula is C26H23N3O8. The van der Waals surface area contributed by atoms with Gasteiger partial charge in [-0.2, -0.15) is 0 Å². The average molecular weight is 505 g/mol. The van der Waals surface area contributed by atoms with Crippen molar-refractivity contribution in [2.24, 2.45) is 5.92 Å². The molecule has 37 heavy (non-hydrogen) atoms. The van der Waals surface area contributed by atoms with E-state index in [9.17, 15) is 19.7 Å². The van der Waals surface area contributed by atoms with Gasteiger partial charge < -0.3 is 14.2 Å². The molecule has 2 amide bonds. The van der Waals surface area contributed by atoms with Gasteiger partial charge in [0, 0.05) is 0 Å². The molecule has 0 aliphatic carbocycles. The maximum Gasteiger partial charge on any atom is 0.278 e. The molecule has 0 aromatic heterocycles. The van der Waals surface area contributed by atoms with Crippen LogP contribution in [0.3, 0.4) is 0 Å². The van der Waals surface area contributed by atoms with Crippen molar-refractivity contribution in [1.29, 1.82) is 0 Å². The lowest BCUT2D eigenvalue weighted by molar-refractivity contribution is -0.385. The number of para-hydroxylation sites is 1. The van der Waals surface area contributed by atoms with E-state index in [1.807, 2.05) is 0 Å². The van der Waals surface area contributed by atoms with E-state index in [2.05, 4.69) is 0 Å². The summed E-state index contributed by atoms with van der Waals surface area (Å²) in [6, 6.07) is 17.0. The van der Waals surface area contributed by atoms with E-state index in [1.54, 1.807) is 54.6 Å². The number of nitro benzene ring substituents is 1. The van der Waals surface area contributed by atoms with Crippen LogP contribution in [0.4, 0.5) is 17.1 Å². The summed E-state index contributed by atoms with van der Waals surface area (Å²) in [6.45, 7) is 0. The molecule has 0 spiro atoms. The molecule has 11 heteroatoms. The Labute approximate surface area is 211 Å². The molecule has 0 radical (unpaired) electrons. The second-order valence-corrected chi connectivity index (χ2v) is 8.39. The summed E-state index contributed by atoms with van der Waals surface area (Å²) in [5, 5.41) is 13.5. The zero-order valence-electron chi connectivity index (χ0n) is 20.2. The van der Waals surface area contributed by atoms with Crippen molar-refractivity contribution in [2.45, 2.75) is 12.1 Å². The van der Waals surface area contributed by atoms with Gasteiger partial charge in [0.25, 0.3) is 11.6 Å². The van der Waals surface area contributed by atoms with Gasteiger partial charge in [0.15, 0.2) is 17.6 Å². The van der Waals surface area contributed by atoms with Gasteiger partial charge in [-0.25, -0.2) is 9.96 Å². The number of ether oxygens (including phenoxy) is 3. The monoisotopic (exact) mass is 505 g/mol. The van der Waals surface area contributed by atoms with Gasteiger partial charge in [0.05, 0.1) is 49.3 Å². The molecule has 3 aromatic rings. The number of hydrogen-bond acceptors (Lipinski definition) is 9. The van der Waals surface area contributed by atoms with E-state index < -0.39 is 34.8 Å². The number of rotatable bonds is 7. The van der Waals surface area contributed by atoms with E-state index in [-0.39, 0.29) is 22.7 Å². The lowest BCUT2D eigenvalue weighted by Crippen LogP contribution is -2.37. The third kappa shape index (κ3) is 3.89. The smallest absolute Gasteiger partial charge is 0.278 e. The van der Waals surface area contributed by atoms with Gasteiger partial charge in [-0.05, 0) is 42.5 Å². The first-order valence-corrected chi connectivity index (χ1v) is 11.3. The van der Waals surface area contributed by atoms with Gasteiger partial charge in [-0.15, -0.1) is 0 Å². The fraction of sp³-hybridized carbons (Fsp3) is 0.231. The molecule has 2 aliphatic heterocycles. The number of hydrogen-bond donors (Lipinski definition) is 0. The Morgan fingerprint density at radius 3 is 2.08 bits per heavy atom.